The zero-order chi connectivity index (χ0) is 105. The normalized spacial score (nSPS) is 29.4. The third-order valence-electron chi connectivity index (χ3n) is 37.7. The molecule has 12 aliphatic rings. The highest BCUT2D eigenvalue weighted by Crippen LogP contribution is 2.69. The Bertz CT molecular complexity index is 5820. The number of hydrogen-bond donors (Lipinski definition) is 4. The molecule has 8 aromatic rings. The molecule has 4 N–H and O–H groups in total. The number of alkyl halides is 2. The van der Waals surface area contributed by atoms with Crippen molar-refractivity contribution in [3.63, 3.8) is 0 Å². The van der Waals surface area contributed by atoms with Crippen LogP contribution in [0.5, 0.6) is 57.5 Å². The maximum Gasteiger partial charge on any atom is 0.161 e. The Labute approximate surface area is 874 Å². The molecular weight excluding hydrogens is 1870 g/mol. The molecule has 143 heavy (non-hydrogen) atoms. The topological polar surface area (TPSA) is 234 Å². The van der Waals surface area contributed by atoms with Gasteiger partial charge in [0.05, 0.1) is 48.3 Å². The van der Waals surface area contributed by atoms with E-state index in [9.17, 15) is 38.1 Å². The number of benzene rings is 8. The number of aliphatic hydroxyl groups is 1. The second-order valence-electron chi connectivity index (χ2n) is 43.8. The standard InChI is InChI=1S/C32H45NO3.C29H37BO4S.C28H34O4.C21H31BO2S.C8H8O3.C2H4Cl2/c1-5-33(6-2)21-22-7-14-30(31(19-22)35-4)36-18-16-24-9-13-29-28-11-8-23-20-25(34)10-12-26(23)27(28)15-17-32(24,29)3;1-29-13-11-24-23-8-6-22(35(32)18-30)16-20(23)4-7-25(24)26(29)9-5-21(29)12-14-34-27-10-3-19(17-31)15-28(27)33-2;1-28-13-11-23-22-8-6-21(30)16-19(22)4-7-24(23)25(28)9-5-20(28)12-14-32-26-10-3-18(17-29)15-27(26)31-2;1-21-10-8-18-17-6-4-16(25(24)13-22)12-14(17)2-5-19(18)20(21)7-3-15(21)9-11-23;1-11-8-4-6(5-9)2-3-7(8)10;3-1-2-4/h7,10,12,14,19-20,24,27-29,34H,5-6,8-9,11,13,15-18,21H2,1-4H3;3,6,8,10,15-17,21,24-26H,4-5,7,9,11-14,18,30H2,1-2H3;3,6,8,10,15-17,20,23-25,30H,4-5,7,9,11-14H2,1-2H3;4,6,12,15,18-20,23H,2-3,5,7-11,13,22H2,1H3;2-5,10H,1H3;1-2H2/t24-,27?,28?,29?,32?;21-,24?,25?,26?,29?,35?;20-,23?,24?,25?,28?;15-,18?,19?,20?,21?,25?;;/m1111../s1/i;30TD;;22TD;;. The number of fused-ring (bicyclic) bond motifs is 20. The van der Waals surface area contributed by atoms with Gasteiger partial charge in [0.2, 0.25) is 0 Å². The van der Waals surface area contributed by atoms with Crippen LogP contribution in [0.15, 0.2) is 155 Å². The lowest BCUT2D eigenvalue weighted by Gasteiger charge is -2.51. The van der Waals surface area contributed by atoms with Crippen molar-refractivity contribution in [3.8, 4) is 57.5 Å². The number of aromatic hydroxyl groups is 3. The van der Waals surface area contributed by atoms with E-state index in [0.717, 1.165) is 159 Å². The van der Waals surface area contributed by atoms with Gasteiger partial charge in [-0.15, -0.1) is 23.2 Å². The Morgan fingerprint density at radius 3 is 1.06 bits per heavy atom. The molecular formula is C120H159B2Cl2NO16S2. The molecule has 18 unspecified atom stereocenters. The molecule has 8 aromatic carbocycles. The minimum atomic E-state index is -1.27. The summed E-state index contributed by atoms with van der Waals surface area (Å²) in [5.41, 5.74) is 16.1. The fourth-order valence-electron chi connectivity index (χ4n) is 30.3. The van der Waals surface area contributed by atoms with Crippen LogP contribution in [0.25, 0.3) is 0 Å². The molecule has 23 heteroatoms. The number of carbonyl (C=O) groups is 3. The van der Waals surface area contributed by atoms with Crippen LogP contribution in [0.4, 0.5) is 0 Å². The van der Waals surface area contributed by atoms with Crippen molar-refractivity contribution in [2.24, 2.45) is 92.7 Å². The number of aryl methyl sites for hydroxylation is 4. The van der Waals surface area contributed by atoms with Crippen molar-refractivity contribution in [2.45, 2.75) is 261 Å². The monoisotopic (exact) mass is 2030 g/mol. The van der Waals surface area contributed by atoms with Gasteiger partial charge in [-0.25, -0.2) is 0 Å². The summed E-state index contributed by atoms with van der Waals surface area (Å²) < 4.78 is 94.4. The van der Waals surface area contributed by atoms with Crippen LogP contribution in [0.2, 0.25) is 0 Å². The molecule has 0 aromatic heterocycles. The molecule has 0 radical (unpaired) electrons. The largest absolute Gasteiger partial charge is 0.508 e. The second kappa shape index (κ2) is 49.7. The Kier molecular flexibility index (Phi) is 35.9. The minimum Gasteiger partial charge on any atom is -0.508 e. The summed E-state index contributed by atoms with van der Waals surface area (Å²) in [6, 6.07) is 46.2. The first-order valence-corrected chi connectivity index (χ1v) is 57.1. The van der Waals surface area contributed by atoms with E-state index in [0.29, 0.717) is 164 Å². The van der Waals surface area contributed by atoms with Crippen LogP contribution in [0.3, 0.4) is 0 Å². The molecule has 772 valence electrons. The predicted octanol–water partition coefficient (Wildman–Crippen LogP) is 24.4. The van der Waals surface area contributed by atoms with E-state index in [1.807, 2.05) is 48.5 Å². The number of rotatable bonds is 32. The third-order valence-corrected chi connectivity index (χ3v) is 40.4. The third kappa shape index (κ3) is 23.9. The summed E-state index contributed by atoms with van der Waals surface area (Å²) in [5.74, 6) is 18.1. The van der Waals surface area contributed by atoms with Gasteiger partial charge in [-0.05, 0) is 491 Å². The van der Waals surface area contributed by atoms with Gasteiger partial charge >= 0.3 is 0 Å². The highest BCUT2D eigenvalue weighted by molar-refractivity contribution is 7.86. The van der Waals surface area contributed by atoms with E-state index in [4.69, 9.17) is 66.8 Å². The fourth-order valence-corrected chi connectivity index (χ4v) is 31.7. The smallest absolute Gasteiger partial charge is 0.161 e. The Balaban J connectivity index is 0.000000141. The molecule has 20 rings (SSSR count). The molecule has 0 heterocycles. The molecule has 0 amide bonds. The molecule has 17 nitrogen and oxygen atoms in total. The molecule has 0 bridgehead atoms. The number of ether oxygens (including phenoxy) is 7. The summed E-state index contributed by atoms with van der Waals surface area (Å²) in [7, 11) is 1.80. The number of halogens is 2. The average Bonchev–Trinajstić information content (AvgIpc) is 1.62. The number of nitrogens with zero attached hydrogens (tertiary/aromatic N) is 1. The zero-order valence-electron chi connectivity index (χ0n) is 90.3. The van der Waals surface area contributed by atoms with Crippen molar-refractivity contribution in [2.75, 3.05) is 91.0 Å². The van der Waals surface area contributed by atoms with Gasteiger partial charge < -0.3 is 53.6 Å². The molecule has 0 saturated heterocycles. The lowest BCUT2D eigenvalue weighted by atomic mass is 9.54. The van der Waals surface area contributed by atoms with Crippen LogP contribution in [0.1, 0.15) is 300 Å². The summed E-state index contributed by atoms with van der Waals surface area (Å²) in [6.45, 7) is 20.0. The first-order valence-electron chi connectivity index (χ1n) is 55.7. The van der Waals surface area contributed by atoms with Crippen LogP contribution in [-0.2, 0) is 53.8 Å². The summed E-state index contributed by atoms with van der Waals surface area (Å²) >= 11 is 10.1. The highest BCUT2D eigenvalue weighted by atomic mass is 35.5. The zero-order valence-corrected chi connectivity index (χ0v) is 89.4. The van der Waals surface area contributed by atoms with Crippen molar-refractivity contribution in [1.82, 2.24) is 4.90 Å². The van der Waals surface area contributed by atoms with Gasteiger partial charge in [-0.3, -0.25) is 27.7 Å². The van der Waals surface area contributed by atoms with Gasteiger partial charge in [-0.1, -0.05) is 71.9 Å². The fraction of sp³-hybridized carbons (Fsp3) is 0.575. The van der Waals surface area contributed by atoms with Crippen LogP contribution in [0, 0.1) is 92.7 Å². The number of methoxy groups -OCH3 is 4. The van der Waals surface area contributed by atoms with Gasteiger partial charge in [0.15, 0.2) is 46.0 Å². The van der Waals surface area contributed by atoms with Gasteiger partial charge in [0.25, 0.3) is 0 Å². The van der Waals surface area contributed by atoms with Crippen LogP contribution >= 0.6 is 23.2 Å². The Hall–Kier alpha value is -8.30. The van der Waals surface area contributed by atoms with Crippen molar-refractivity contribution < 1.29 is 76.4 Å². The highest BCUT2D eigenvalue weighted by Gasteiger charge is 2.59. The average molecular weight is 2030 g/mol. The van der Waals surface area contributed by atoms with Gasteiger partial charge in [0, 0.05) is 73.0 Å². The van der Waals surface area contributed by atoms with Crippen molar-refractivity contribution >= 4 is 79.2 Å². The van der Waals surface area contributed by atoms with E-state index in [1.165, 1.54) is 204 Å². The number of aldehydes is 3. The predicted molar refractivity (Wildman–Crippen MR) is 581 cm³/mol. The number of phenolic OH excluding ortho intramolecular Hbond substituents is 3. The van der Waals surface area contributed by atoms with E-state index in [2.05, 4.69) is 101 Å². The number of phenols is 3. The second-order valence-corrected chi connectivity index (χ2v) is 47.6. The van der Waals surface area contributed by atoms with E-state index in [1.54, 1.807) is 45.6 Å². The van der Waals surface area contributed by atoms with Crippen molar-refractivity contribution in [1.29, 1.82) is 5.34 Å². The molecule has 0 aliphatic heterocycles. The molecule has 8 fully saturated rings. The maximum atomic E-state index is 12.5. The Morgan fingerprint density at radius 1 is 0.406 bits per heavy atom. The lowest BCUT2D eigenvalue weighted by Crippen LogP contribution is -2.42. The van der Waals surface area contributed by atoms with Crippen molar-refractivity contribution in [3.05, 3.63) is 212 Å². The number of aliphatic hydroxyl groups excluding tert-OH is 1. The molecule has 22 atom stereocenters. The molecule has 0 spiro atoms. The molecule has 12 aliphatic carbocycles. The lowest BCUT2D eigenvalue weighted by molar-refractivity contribution is 0.0209. The van der Waals surface area contributed by atoms with Gasteiger partial charge in [0.1, 0.15) is 45.9 Å². The SMILES string of the molecule is CCN(CC)Cc1ccc(OCC[C@H]2CCC3C4CCc5cc(O)ccc5C4CCC32C)c(OC)c1.COc1cc(C=O)ccc1O.COc1cc(C=O)ccc1OCC[C@H]1CCC2C3CCc4cc(O)ccc4C3CCC21C.ClCCCl.[2H]B([3H])CS(=O)c1ccc2c(c1)CCC1C2CCC2(C)C1CC[C@@H]2CCO.[2H]B([3H])CS(=O)c1ccc2c(c1)CCC1C2CCC2(C)C1CC[C@@H]2CCOc1ccc(C=O)cc1OC. The van der Waals surface area contributed by atoms with Crippen LogP contribution in [-0.4, -0.2) is 165 Å². The quantitative estimate of drug-likeness (QED) is 0.0174. The van der Waals surface area contributed by atoms with Gasteiger partial charge in [-0.2, -0.15) is 0 Å². The molecule has 8 saturated carbocycles. The van der Waals surface area contributed by atoms with Crippen LogP contribution < -0.4 is 33.2 Å². The first kappa shape index (κ1) is 103. The van der Waals surface area contributed by atoms with E-state index >= 15 is 0 Å². The first-order chi connectivity index (χ1) is 70.9. The van der Waals surface area contributed by atoms with E-state index in [-0.39, 0.29) is 17.1 Å². The summed E-state index contributed by atoms with van der Waals surface area (Å²) in [4.78, 5) is 36.3. The number of carbonyl (C=O) groups excluding carboxylic acids is 3. The summed E-state index contributed by atoms with van der Waals surface area (Å²) in [6.07, 6.45) is 36.3. The van der Waals surface area contributed by atoms with E-state index < -0.39 is 37.1 Å². The maximum absolute atomic E-state index is 12.5. The Morgan fingerprint density at radius 2 is 0.727 bits per heavy atom. The number of hydrogen-bond acceptors (Lipinski definition) is 17. The summed E-state index contributed by atoms with van der Waals surface area (Å²) in [5, 5.41) is 38.4. The minimum absolute atomic E-state index is 0.0399.